The minimum absolute atomic E-state index is 0.0865. The van der Waals surface area contributed by atoms with Crippen LogP contribution in [0.1, 0.15) is 19.8 Å². The van der Waals surface area contributed by atoms with E-state index in [-0.39, 0.29) is 11.3 Å². The molecule has 1 aliphatic rings. The molecule has 0 aromatic carbocycles. The fourth-order valence-corrected chi connectivity index (χ4v) is 0.759. The molecule has 0 aromatic rings. The SMILES string of the molecule is C#CCNC(=O)C1(C)CC1. The molecule has 54 valence electrons. The van der Waals surface area contributed by atoms with Gasteiger partial charge in [-0.15, -0.1) is 6.42 Å². The summed E-state index contributed by atoms with van der Waals surface area (Å²) in [6, 6.07) is 0. The first-order valence-electron chi connectivity index (χ1n) is 3.41. The van der Waals surface area contributed by atoms with Gasteiger partial charge in [-0.2, -0.15) is 0 Å². The van der Waals surface area contributed by atoms with Gasteiger partial charge in [0.1, 0.15) is 0 Å². The van der Waals surface area contributed by atoms with Crippen molar-refractivity contribution in [1.29, 1.82) is 0 Å². The molecule has 1 aliphatic carbocycles. The normalized spacial score (nSPS) is 19.2. The Labute approximate surface area is 61.0 Å². The molecule has 1 rings (SSSR count). The van der Waals surface area contributed by atoms with Gasteiger partial charge in [0.15, 0.2) is 0 Å². The van der Waals surface area contributed by atoms with E-state index in [9.17, 15) is 4.79 Å². The quantitative estimate of drug-likeness (QED) is 0.553. The molecule has 1 fully saturated rings. The van der Waals surface area contributed by atoms with Gasteiger partial charge in [-0.05, 0) is 12.8 Å². The third kappa shape index (κ3) is 1.30. The number of carbonyl (C=O) groups is 1. The number of rotatable bonds is 2. The zero-order valence-corrected chi connectivity index (χ0v) is 6.11. The van der Waals surface area contributed by atoms with Gasteiger partial charge in [-0.1, -0.05) is 12.8 Å². The summed E-state index contributed by atoms with van der Waals surface area (Å²) in [5.74, 6) is 2.47. The third-order valence-corrected chi connectivity index (χ3v) is 1.90. The van der Waals surface area contributed by atoms with Gasteiger partial charge < -0.3 is 5.32 Å². The minimum Gasteiger partial charge on any atom is -0.345 e. The average Bonchev–Trinajstić information content (AvgIpc) is 2.64. The third-order valence-electron chi connectivity index (χ3n) is 1.90. The lowest BCUT2D eigenvalue weighted by Gasteiger charge is -2.05. The lowest BCUT2D eigenvalue weighted by Crippen LogP contribution is -2.30. The van der Waals surface area contributed by atoms with Crippen LogP contribution >= 0.6 is 0 Å². The van der Waals surface area contributed by atoms with Crippen molar-refractivity contribution in [3.05, 3.63) is 0 Å². The minimum atomic E-state index is -0.0865. The second-order valence-corrected chi connectivity index (χ2v) is 2.95. The van der Waals surface area contributed by atoms with Gasteiger partial charge >= 0.3 is 0 Å². The lowest BCUT2D eigenvalue weighted by atomic mass is 10.1. The summed E-state index contributed by atoms with van der Waals surface area (Å²) in [6.07, 6.45) is 6.98. The Hall–Kier alpha value is -0.970. The van der Waals surface area contributed by atoms with Crippen molar-refractivity contribution in [3.8, 4) is 12.3 Å². The van der Waals surface area contributed by atoms with Gasteiger partial charge in [0.25, 0.3) is 0 Å². The largest absolute Gasteiger partial charge is 0.345 e. The highest BCUT2D eigenvalue weighted by atomic mass is 16.2. The van der Waals surface area contributed by atoms with Crippen LogP contribution < -0.4 is 5.32 Å². The van der Waals surface area contributed by atoms with E-state index >= 15 is 0 Å². The Morgan fingerprint density at radius 1 is 1.80 bits per heavy atom. The highest BCUT2D eigenvalue weighted by Gasteiger charge is 2.44. The molecule has 0 spiro atoms. The fourth-order valence-electron chi connectivity index (χ4n) is 0.759. The number of hydrogen-bond donors (Lipinski definition) is 1. The predicted molar refractivity (Wildman–Crippen MR) is 39.2 cm³/mol. The summed E-state index contributed by atoms with van der Waals surface area (Å²) < 4.78 is 0. The summed E-state index contributed by atoms with van der Waals surface area (Å²) >= 11 is 0. The number of nitrogens with one attached hydrogen (secondary N) is 1. The first-order valence-corrected chi connectivity index (χ1v) is 3.41. The second-order valence-electron chi connectivity index (χ2n) is 2.95. The molecule has 0 saturated heterocycles. The smallest absolute Gasteiger partial charge is 0.226 e. The Morgan fingerprint density at radius 3 is 2.80 bits per heavy atom. The van der Waals surface area contributed by atoms with Crippen LogP contribution in [0, 0.1) is 17.8 Å². The van der Waals surface area contributed by atoms with Crippen molar-refractivity contribution in [2.75, 3.05) is 6.54 Å². The molecule has 0 radical (unpaired) electrons. The van der Waals surface area contributed by atoms with Crippen molar-refractivity contribution in [2.45, 2.75) is 19.8 Å². The zero-order valence-electron chi connectivity index (χ0n) is 6.11. The van der Waals surface area contributed by atoms with E-state index in [1.807, 2.05) is 6.92 Å². The molecule has 2 nitrogen and oxygen atoms in total. The lowest BCUT2D eigenvalue weighted by molar-refractivity contribution is -0.125. The first kappa shape index (κ1) is 7.14. The van der Waals surface area contributed by atoms with Crippen molar-refractivity contribution in [3.63, 3.8) is 0 Å². The number of terminal acetylenes is 1. The van der Waals surface area contributed by atoms with Crippen LogP contribution in [0.15, 0.2) is 0 Å². The van der Waals surface area contributed by atoms with Crippen molar-refractivity contribution in [2.24, 2.45) is 5.41 Å². The van der Waals surface area contributed by atoms with Crippen LogP contribution in [0.4, 0.5) is 0 Å². The molecule has 0 unspecified atom stereocenters. The van der Waals surface area contributed by atoms with Crippen molar-refractivity contribution >= 4 is 5.91 Å². The van der Waals surface area contributed by atoms with E-state index in [4.69, 9.17) is 6.42 Å². The predicted octanol–water partition coefficient (Wildman–Crippen LogP) is 0.536. The average molecular weight is 137 g/mol. The number of amides is 1. The summed E-state index contributed by atoms with van der Waals surface area (Å²) in [5.41, 5.74) is -0.0865. The Kier molecular flexibility index (Phi) is 1.67. The molecular weight excluding hydrogens is 126 g/mol. The van der Waals surface area contributed by atoms with E-state index in [1.54, 1.807) is 0 Å². The molecule has 0 aliphatic heterocycles. The maximum Gasteiger partial charge on any atom is 0.226 e. The van der Waals surface area contributed by atoms with Gasteiger partial charge in [0.2, 0.25) is 5.91 Å². The van der Waals surface area contributed by atoms with Crippen LogP contribution in [0.25, 0.3) is 0 Å². The van der Waals surface area contributed by atoms with Crippen molar-refractivity contribution < 1.29 is 4.79 Å². The van der Waals surface area contributed by atoms with Crippen LogP contribution in [-0.4, -0.2) is 12.5 Å². The van der Waals surface area contributed by atoms with Crippen LogP contribution in [-0.2, 0) is 4.79 Å². The van der Waals surface area contributed by atoms with Gasteiger partial charge in [0.05, 0.1) is 6.54 Å². The van der Waals surface area contributed by atoms with Gasteiger partial charge in [0, 0.05) is 5.41 Å². The van der Waals surface area contributed by atoms with E-state index in [2.05, 4.69) is 11.2 Å². The molecule has 1 N–H and O–H groups in total. The topological polar surface area (TPSA) is 29.1 Å². The Balaban J connectivity index is 2.30. The summed E-state index contributed by atoms with van der Waals surface area (Å²) in [4.78, 5) is 11.1. The van der Waals surface area contributed by atoms with E-state index in [1.165, 1.54) is 0 Å². The highest BCUT2D eigenvalue weighted by molar-refractivity contribution is 5.84. The molecule has 2 heteroatoms. The van der Waals surface area contributed by atoms with E-state index < -0.39 is 0 Å². The van der Waals surface area contributed by atoms with Gasteiger partial charge in [-0.25, -0.2) is 0 Å². The molecule has 1 amide bonds. The first-order chi connectivity index (χ1) is 4.69. The Morgan fingerprint density at radius 2 is 2.40 bits per heavy atom. The zero-order chi connectivity index (χ0) is 7.61. The number of hydrogen-bond acceptors (Lipinski definition) is 1. The van der Waals surface area contributed by atoms with Crippen LogP contribution in [0.2, 0.25) is 0 Å². The molecular formula is C8H11NO. The molecule has 1 saturated carbocycles. The van der Waals surface area contributed by atoms with Crippen LogP contribution in [0.3, 0.4) is 0 Å². The fraction of sp³-hybridized carbons (Fsp3) is 0.625. The monoisotopic (exact) mass is 137 g/mol. The maximum atomic E-state index is 11.1. The Bertz CT molecular complexity index is 186. The summed E-state index contributed by atoms with van der Waals surface area (Å²) in [6.45, 7) is 2.31. The molecule has 10 heavy (non-hydrogen) atoms. The van der Waals surface area contributed by atoms with E-state index in [0.717, 1.165) is 12.8 Å². The molecule has 0 heterocycles. The van der Waals surface area contributed by atoms with E-state index in [0.29, 0.717) is 6.54 Å². The summed E-state index contributed by atoms with van der Waals surface area (Å²) in [5, 5.41) is 2.66. The number of carbonyl (C=O) groups excluding carboxylic acids is 1. The standard InChI is InChI=1S/C8H11NO/c1-3-6-9-7(10)8(2)4-5-8/h1H,4-6H2,2H3,(H,9,10). The summed E-state index contributed by atoms with van der Waals surface area (Å²) in [7, 11) is 0. The van der Waals surface area contributed by atoms with Crippen LogP contribution in [0.5, 0.6) is 0 Å². The molecule has 0 bridgehead atoms. The highest BCUT2D eigenvalue weighted by Crippen LogP contribution is 2.44. The second kappa shape index (κ2) is 2.34. The maximum absolute atomic E-state index is 11.1. The van der Waals surface area contributed by atoms with Crippen molar-refractivity contribution in [1.82, 2.24) is 5.32 Å². The molecule has 0 atom stereocenters. The molecule has 0 aromatic heterocycles. The van der Waals surface area contributed by atoms with Gasteiger partial charge in [-0.3, -0.25) is 4.79 Å².